The van der Waals surface area contributed by atoms with Crippen molar-refractivity contribution in [1.82, 2.24) is 0 Å². The quantitative estimate of drug-likeness (QED) is 0.101. The number of hydrogen-bond donors (Lipinski definition) is 2. The van der Waals surface area contributed by atoms with Crippen LogP contribution in [0, 0.1) is 0 Å². The van der Waals surface area contributed by atoms with E-state index in [1.807, 2.05) is 42.5 Å². The molecule has 0 fully saturated rings. The zero-order valence-corrected chi connectivity index (χ0v) is 23.5. The molecule has 0 amide bonds. The third kappa shape index (κ3) is 6.01. The average Bonchev–Trinajstić information content (AvgIpc) is 3.00. The van der Waals surface area contributed by atoms with E-state index < -0.39 is 7.32 Å². The highest BCUT2D eigenvalue weighted by atomic mass is 31.0. The van der Waals surface area contributed by atoms with E-state index in [2.05, 4.69) is 106 Å². The van der Waals surface area contributed by atoms with Crippen LogP contribution in [0.25, 0.3) is 54.6 Å². The maximum atomic E-state index is 9.14. The van der Waals surface area contributed by atoms with Crippen molar-refractivity contribution in [2.75, 3.05) is 0 Å². The van der Waals surface area contributed by atoms with Gasteiger partial charge in [0.05, 0.1) is 0 Å². The molecular weight excluding hydrogens is 522 g/mol. The van der Waals surface area contributed by atoms with E-state index in [1.165, 1.54) is 32.9 Å². The summed E-state index contributed by atoms with van der Waals surface area (Å²) < 4.78 is 5.16. The summed E-state index contributed by atoms with van der Waals surface area (Å²) in [5, 5.41) is 25.8. The van der Waals surface area contributed by atoms with Crippen molar-refractivity contribution in [2.45, 2.75) is 0 Å². The fraction of sp³-hybridized carbons (Fsp3) is 0. The van der Waals surface area contributed by atoms with Crippen LogP contribution in [0.3, 0.4) is 0 Å². The second-order valence-corrected chi connectivity index (χ2v) is 10.5. The molecule has 0 aliphatic heterocycles. The van der Waals surface area contributed by atoms with Gasteiger partial charge in [-0.3, -0.25) is 0 Å². The molecule has 7 aromatic rings. The lowest BCUT2D eigenvalue weighted by molar-refractivity contribution is 0.289. The Kier molecular flexibility index (Phi) is 7.80. The summed E-state index contributed by atoms with van der Waals surface area (Å²) in [7, 11) is 0.967. The standard InChI is InChI=1S/C18H13BO3.C18H15P/c20-19(21)22-17-7-3-6-12-8-9-15-10-13-4-1-2-5-14(13)11-16(15)18(12)17;19-18-12-16(14-7-3-1-4-8-14)11-17(13-18)15-9-5-2-6-10-15/h1-11,20-21H;1-13H,19H2. The van der Waals surface area contributed by atoms with Gasteiger partial charge in [-0.15, -0.1) is 9.24 Å². The summed E-state index contributed by atoms with van der Waals surface area (Å²) >= 11 is 0. The highest BCUT2D eigenvalue weighted by Gasteiger charge is 2.15. The molecule has 0 saturated heterocycles. The molecule has 0 aromatic heterocycles. The zero-order chi connectivity index (χ0) is 28.2. The van der Waals surface area contributed by atoms with E-state index >= 15 is 0 Å². The van der Waals surface area contributed by atoms with Gasteiger partial charge < -0.3 is 14.7 Å². The first kappa shape index (κ1) is 26.7. The molecule has 0 bridgehead atoms. The van der Waals surface area contributed by atoms with Crippen LogP contribution >= 0.6 is 9.24 Å². The lowest BCUT2D eigenvalue weighted by atomic mass is 9.97. The van der Waals surface area contributed by atoms with Crippen molar-refractivity contribution in [3.63, 3.8) is 0 Å². The molecule has 0 aliphatic carbocycles. The van der Waals surface area contributed by atoms with E-state index in [9.17, 15) is 0 Å². The van der Waals surface area contributed by atoms with Crippen molar-refractivity contribution in [3.8, 4) is 28.0 Å². The Labute approximate surface area is 242 Å². The molecular formula is C36H28BO3P. The normalized spacial score (nSPS) is 10.8. The molecule has 0 aliphatic rings. The van der Waals surface area contributed by atoms with Gasteiger partial charge in [-0.1, -0.05) is 109 Å². The fourth-order valence-corrected chi connectivity index (χ4v) is 5.58. The van der Waals surface area contributed by atoms with Crippen LogP contribution in [0.15, 0.2) is 146 Å². The Morgan fingerprint density at radius 2 is 1.00 bits per heavy atom. The molecule has 2 N–H and O–H groups in total. The van der Waals surface area contributed by atoms with E-state index in [-0.39, 0.29) is 0 Å². The molecule has 198 valence electrons. The molecule has 0 heterocycles. The molecule has 5 heteroatoms. The number of benzene rings is 7. The smallest absolute Gasteiger partial charge is 0.511 e. The van der Waals surface area contributed by atoms with Crippen LogP contribution in [-0.4, -0.2) is 17.4 Å². The van der Waals surface area contributed by atoms with Gasteiger partial charge in [0.2, 0.25) is 0 Å². The van der Waals surface area contributed by atoms with Gasteiger partial charge in [-0.05, 0) is 90.9 Å². The lowest BCUT2D eigenvalue weighted by Gasteiger charge is -2.12. The third-order valence-electron chi connectivity index (χ3n) is 7.09. The van der Waals surface area contributed by atoms with Gasteiger partial charge in [0.15, 0.2) is 0 Å². The summed E-state index contributed by atoms with van der Waals surface area (Å²) in [4.78, 5) is 0. The Morgan fingerprint density at radius 3 is 1.61 bits per heavy atom. The average molecular weight is 550 g/mol. The predicted molar refractivity (Wildman–Crippen MR) is 176 cm³/mol. The highest BCUT2D eigenvalue weighted by molar-refractivity contribution is 7.27. The fourth-order valence-electron chi connectivity index (χ4n) is 5.23. The zero-order valence-electron chi connectivity index (χ0n) is 22.3. The van der Waals surface area contributed by atoms with Crippen LogP contribution in [0.1, 0.15) is 0 Å². The minimum Gasteiger partial charge on any atom is -0.511 e. The SMILES string of the molecule is OB(O)Oc1cccc2ccc3cc4ccccc4cc3c12.Pc1cc(-c2ccccc2)cc(-c2ccccc2)c1. The molecule has 1 unspecified atom stereocenters. The minimum atomic E-state index is -1.83. The van der Waals surface area contributed by atoms with E-state index in [0.717, 1.165) is 26.9 Å². The van der Waals surface area contributed by atoms with Crippen molar-refractivity contribution >= 4 is 54.2 Å². The molecule has 0 saturated carbocycles. The maximum absolute atomic E-state index is 9.14. The summed E-state index contributed by atoms with van der Waals surface area (Å²) in [6.07, 6.45) is 0. The Morgan fingerprint density at radius 1 is 0.463 bits per heavy atom. The lowest BCUT2D eigenvalue weighted by Crippen LogP contribution is -2.20. The first-order valence-corrected chi connectivity index (χ1v) is 14.0. The largest absolute Gasteiger partial charge is 0.707 e. The topological polar surface area (TPSA) is 49.7 Å². The van der Waals surface area contributed by atoms with Crippen LogP contribution in [-0.2, 0) is 0 Å². The molecule has 0 spiro atoms. The van der Waals surface area contributed by atoms with E-state index in [1.54, 1.807) is 6.07 Å². The molecule has 7 aromatic carbocycles. The van der Waals surface area contributed by atoms with Gasteiger partial charge in [0.25, 0.3) is 0 Å². The molecule has 7 rings (SSSR count). The second kappa shape index (κ2) is 12.0. The highest BCUT2D eigenvalue weighted by Crippen LogP contribution is 2.35. The van der Waals surface area contributed by atoms with Crippen LogP contribution in [0.2, 0.25) is 0 Å². The van der Waals surface area contributed by atoms with Crippen molar-refractivity contribution < 1.29 is 14.7 Å². The summed E-state index contributed by atoms with van der Waals surface area (Å²) in [5.41, 5.74) is 5.02. The molecule has 1 atom stereocenters. The first-order valence-electron chi connectivity index (χ1n) is 13.4. The van der Waals surface area contributed by atoms with Crippen molar-refractivity contribution in [2.24, 2.45) is 0 Å². The van der Waals surface area contributed by atoms with Gasteiger partial charge in [0.1, 0.15) is 5.75 Å². The summed E-state index contributed by atoms with van der Waals surface area (Å²) in [5.74, 6) is 0.466. The Balaban J connectivity index is 0.000000149. The Hall–Kier alpha value is -4.47. The first-order chi connectivity index (χ1) is 20.0. The summed E-state index contributed by atoms with van der Waals surface area (Å²) in [6.45, 7) is 0. The van der Waals surface area contributed by atoms with Gasteiger partial charge in [-0.2, -0.15) is 0 Å². The third-order valence-corrected chi connectivity index (χ3v) is 7.42. The van der Waals surface area contributed by atoms with Crippen molar-refractivity contribution in [3.05, 3.63) is 146 Å². The number of hydrogen-bond acceptors (Lipinski definition) is 3. The molecule has 3 nitrogen and oxygen atoms in total. The minimum absolute atomic E-state index is 0.466. The van der Waals surface area contributed by atoms with Crippen LogP contribution < -0.4 is 9.96 Å². The monoisotopic (exact) mass is 550 g/mol. The number of fused-ring (bicyclic) bond motifs is 4. The van der Waals surface area contributed by atoms with Crippen molar-refractivity contribution in [1.29, 1.82) is 0 Å². The molecule has 41 heavy (non-hydrogen) atoms. The maximum Gasteiger partial charge on any atom is 0.707 e. The second-order valence-electron chi connectivity index (χ2n) is 9.86. The van der Waals surface area contributed by atoms with Gasteiger partial charge in [0, 0.05) is 5.39 Å². The predicted octanol–water partition coefficient (Wildman–Crippen LogP) is 8.02. The van der Waals surface area contributed by atoms with Crippen LogP contribution in [0.5, 0.6) is 5.75 Å². The summed E-state index contributed by atoms with van der Waals surface area (Å²) in [6, 6.07) is 49.7. The van der Waals surface area contributed by atoms with Gasteiger partial charge >= 0.3 is 7.32 Å². The van der Waals surface area contributed by atoms with E-state index in [0.29, 0.717) is 5.75 Å². The van der Waals surface area contributed by atoms with Crippen LogP contribution in [0.4, 0.5) is 0 Å². The van der Waals surface area contributed by atoms with Gasteiger partial charge in [-0.25, -0.2) is 0 Å². The number of rotatable bonds is 4. The Bertz CT molecular complexity index is 1900. The van der Waals surface area contributed by atoms with E-state index in [4.69, 9.17) is 14.7 Å². The molecule has 0 radical (unpaired) electrons.